The maximum Gasteiger partial charge on any atom is 0.326 e. The number of nitrogens with zero attached hydrogens (tertiary/aromatic N) is 6. The van der Waals surface area contributed by atoms with Crippen LogP contribution in [-0.4, -0.2) is 57.7 Å². The molecule has 1 aliphatic rings. The Morgan fingerprint density at radius 3 is 2.93 bits per heavy atom. The van der Waals surface area contributed by atoms with Crippen molar-refractivity contribution in [2.24, 2.45) is 0 Å². The Bertz CT molecular complexity index is 880. The Labute approximate surface area is 156 Å². The molecular weight excluding hydrogens is 348 g/mol. The average Bonchev–Trinajstić information content (AvgIpc) is 3.40. The fourth-order valence-corrected chi connectivity index (χ4v) is 3.13. The molecule has 1 atom stereocenters. The lowest BCUT2D eigenvalue weighted by Crippen LogP contribution is -2.49. The summed E-state index contributed by atoms with van der Waals surface area (Å²) in [5.41, 5.74) is 1.11. The molecule has 0 radical (unpaired) electrons. The summed E-state index contributed by atoms with van der Waals surface area (Å²) < 4.78 is 12.3. The summed E-state index contributed by atoms with van der Waals surface area (Å²) in [6, 6.07) is 11.1. The number of amides is 2. The molecule has 0 saturated carbocycles. The molecule has 1 saturated heterocycles. The molecule has 140 valence electrons. The second kappa shape index (κ2) is 7.58. The van der Waals surface area contributed by atoms with E-state index in [4.69, 9.17) is 9.26 Å². The van der Waals surface area contributed by atoms with Crippen molar-refractivity contribution in [2.75, 3.05) is 31.7 Å². The standard InChI is InChI=1S/C18H20N6O3/c1-22(16-7-9-27-21-16)18(25)23-8-10-26-12-15(23)17-19-13-20-24(17)11-14-5-3-2-4-6-14/h2-7,9,13,15H,8,10-12H2,1H3. The van der Waals surface area contributed by atoms with Crippen LogP contribution in [0.25, 0.3) is 0 Å². The van der Waals surface area contributed by atoms with Gasteiger partial charge in [-0.15, -0.1) is 0 Å². The molecule has 0 bridgehead atoms. The number of rotatable bonds is 4. The monoisotopic (exact) mass is 368 g/mol. The molecule has 9 nitrogen and oxygen atoms in total. The summed E-state index contributed by atoms with van der Waals surface area (Å²) in [6.07, 6.45) is 2.95. The normalized spacial score (nSPS) is 17.1. The van der Waals surface area contributed by atoms with Crippen LogP contribution < -0.4 is 4.90 Å². The van der Waals surface area contributed by atoms with E-state index in [2.05, 4.69) is 15.2 Å². The number of urea groups is 1. The largest absolute Gasteiger partial charge is 0.377 e. The van der Waals surface area contributed by atoms with Crippen molar-refractivity contribution in [2.45, 2.75) is 12.6 Å². The second-order valence-electron chi connectivity index (χ2n) is 6.24. The Hall–Kier alpha value is -3.20. The van der Waals surface area contributed by atoms with E-state index in [9.17, 15) is 4.79 Å². The van der Waals surface area contributed by atoms with Crippen molar-refractivity contribution in [1.29, 1.82) is 0 Å². The molecular formula is C18H20N6O3. The highest BCUT2D eigenvalue weighted by molar-refractivity contribution is 5.90. The van der Waals surface area contributed by atoms with Gasteiger partial charge in [-0.1, -0.05) is 35.5 Å². The molecule has 3 heterocycles. The zero-order chi connectivity index (χ0) is 18.6. The second-order valence-corrected chi connectivity index (χ2v) is 6.24. The number of hydrogen-bond acceptors (Lipinski definition) is 6. The SMILES string of the molecule is CN(C(=O)N1CCOCC1c1ncnn1Cc1ccccc1)c1ccon1. The number of benzene rings is 1. The third kappa shape index (κ3) is 3.54. The first-order valence-electron chi connectivity index (χ1n) is 8.68. The maximum atomic E-state index is 13.0. The lowest BCUT2D eigenvalue weighted by molar-refractivity contribution is 0.00896. The van der Waals surface area contributed by atoms with E-state index in [0.717, 1.165) is 5.56 Å². The van der Waals surface area contributed by atoms with Crippen LogP contribution in [0.15, 0.2) is 53.5 Å². The Balaban J connectivity index is 1.58. The molecule has 9 heteroatoms. The summed E-state index contributed by atoms with van der Waals surface area (Å²) in [6.45, 7) is 1.88. The van der Waals surface area contributed by atoms with Gasteiger partial charge in [-0.25, -0.2) is 14.5 Å². The van der Waals surface area contributed by atoms with Gasteiger partial charge in [0.25, 0.3) is 0 Å². The zero-order valence-electron chi connectivity index (χ0n) is 14.9. The minimum atomic E-state index is -0.327. The van der Waals surface area contributed by atoms with E-state index < -0.39 is 0 Å². The molecule has 1 aromatic carbocycles. The third-order valence-electron chi connectivity index (χ3n) is 4.55. The number of anilines is 1. The van der Waals surface area contributed by atoms with Crippen LogP contribution in [0.2, 0.25) is 0 Å². The first-order valence-corrected chi connectivity index (χ1v) is 8.68. The van der Waals surface area contributed by atoms with E-state index in [1.807, 2.05) is 35.0 Å². The minimum absolute atomic E-state index is 0.188. The number of carbonyl (C=O) groups excluding carboxylic acids is 1. The Kier molecular flexibility index (Phi) is 4.84. The molecule has 2 aromatic heterocycles. The summed E-state index contributed by atoms with van der Waals surface area (Å²) in [4.78, 5) is 20.6. The van der Waals surface area contributed by atoms with Crippen molar-refractivity contribution in [3.05, 3.63) is 60.4 Å². The van der Waals surface area contributed by atoms with Crippen molar-refractivity contribution in [1.82, 2.24) is 24.8 Å². The van der Waals surface area contributed by atoms with Gasteiger partial charge in [0, 0.05) is 19.7 Å². The first kappa shape index (κ1) is 17.2. The highest BCUT2D eigenvalue weighted by atomic mass is 16.5. The fourth-order valence-electron chi connectivity index (χ4n) is 3.13. The van der Waals surface area contributed by atoms with E-state index in [-0.39, 0.29) is 12.1 Å². The summed E-state index contributed by atoms with van der Waals surface area (Å²) in [5.74, 6) is 1.15. The molecule has 1 fully saturated rings. The first-order chi connectivity index (χ1) is 13.2. The van der Waals surface area contributed by atoms with Crippen LogP contribution in [0.1, 0.15) is 17.4 Å². The van der Waals surface area contributed by atoms with E-state index in [1.165, 1.54) is 17.5 Å². The Morgan fingerprint density at radius 2 is 2.15 bits per heavy atom. The predicted octanol–water partition coefficient (Wildman–Crippen LogP) is 1.94. The smallest absolute Gasteiger partial charge is 0.326 e. The molecule has 27 heavy (non-hydrogen) atoms. The Morgan fingerprint density at radius 1 is 1.30 bits per heavy atom. The van der Waals surface area contributed by atoms with Crippen LogP contribution >= 0.6 is 0 Å². The molecule has 0 N–H and O–H groups in total. The van der Waals surface area contributed by atoms with Crippen LogP contribution in [-0.2, 0) is 11.3 Å². The molecule has 3 aromatic rings. The average molecular weight is 368 g/mol. The van der Waals surface area contributed by atoms with Crippen molar-refractivity contribution >= 4 is 11.8 Å². The molecule has 1 unspecified atom stereocenters. The lowest BCUT2D eigenvalue weighted by atomic mass is 10.2. The van der Waals surface area contributed by atoms with Gasteiger partial charge in [0.2, 0.25) is 0 Å². The van der Waals surface area contributed by atoms with Crippen LogP contribution in [0, 0.1) is 0 Å². The molecule has 0 aliphatic carbocycles. The maximum absolute atomic E-state index is 13.0. The van der Waals surface area contributed by atoms with Gasteiger partial charge in [-0.2, -0.15) is 5.10 Å². The molecule has 0 spiro atoms. The fraction of sp³-hybridized carbons (Fsp3) is 0.333. The van der Waals surface area contributed by atoms with Crippen molar-refractivity contribution in [3.8, 4) is 0 Å². The number of ether oxygens (including phenoxy) is 1. The summed E-state index contributed by atoms with van der Waals surface area (Å²) in [7, 11) is 1.67. The molecule has 4 rings (SSSR count). The van der Waals surface area contributed by atoms with Gasteiger partial charge < -0.3 is 14.2 Å². The van der Waals surface area contributed by atoms with Gasteiger partial charge >= 0.3 is 6.03 Å². The number of carbonyl (C=O) groups is 1. The van der Waals surface area contributed by atoms with Crippen LogP contribution in [0.4, 0.5) is 10.6 Å². The van der Waals surface area contributed by atoms with Gasteiger partial charge in [0.15, 0.2) is 11.6 Å². The summed E-state index contributed by atoms with van der Waals surface area (Å²) in [5, 5.41) is 8.18. The summed E-state index contributed by atoms with van der Waals surface area (Å²) >= 11 is 0. The van der Waals surface area contributed by atoms with Gasteiger partial charge in [-0.3, -0.25) is 4.90 Å². The van der Waals surface area contributed by atoms with Crippen molar-refractivity contribution in [3.63, 3.8) is 0 Å². The molecule has 1 aliphatic heterocycles. The van der Waals surface area contributed by atoms with Gasteiger partial charge in [0.05, 0.1) is 19.8 Å². The van der Waals surface area contributed by atoms with E-state index in [0.29, 0.717) is 37.9 Å². The third-order valence-corrected chi connectivity index (χ3v) is 4.55. The van der Waals surface area contributed by atoms with Gasteiger partial charge in [-0.05, 0) is 5.56 Å². The van der Waals surface area contributed by atoms with E-state index in [1.54, 1.807) is 18.0 Å². The van der Waals surface area contributed by atoms with Crippen molar-refractivity contribution < 1.29 is 14.1 Å². The van der Waals surface area contributed by atoms with Crippen LogP contribution in [0.3, 0.4) is 0 Å². The van der Waals surface area contributed by atoms with Crippen LogP contribution in [0.5, 0.6) is 0 Å². The quantitative estimate of drug-likeness (QED) is 0.699. The highest BCUT2D eigenvalue weighted by Crippen LogP contribution is 2.25. The van der Waals surface area contributed by atoms with Gasteiger partial charge in [0.1, 0.15) is 18.6 Å². The number of morpholine rings is 1. The zero-order valence-corrected chi connectivity index (χ0v) is 14.9. The topological polar surface area (TPSA) is 89.5 Å². The lowest BCUT2D eigenvalue weighted by Gasteiger charge is -2.36. The minimum Gasteiger partial charge on any atom is -0.377 e. The predicted molar refractivity (Wildman–Crippen MR) is 96.1 cm³/mol. The number of hydrogen-bond donors (Lipinski definition) is 0. The van der Waals surface area contributed by atoms with E-state index >= 15 is 0 Å². The number of aromatic nitrogens is 4. The highest BCUT2D eigenvalue weighted by Gasteiger charge is 2.34. The molecule has 2 amide bonds.